The maximum atomic E-state index is 15.0. The average molecular weight is 411 g/mol. The highest BCUT2D eigenvalue weighted by atomic mass is 32.1. The average Bonchev–Trinajstić information content (AvgIpc) is 3.10. The van der Waals surface area contributed by atoms with Crippen LogP contribution in [0.1, 0.15) is 5.56 Å². The smallest absolute Gasteiger partial charge is 0.323 e. The molecule has 0 unspecified atom stereocenters. The Morgan fingerprint density at radius 1 is 1.07 bits per heavy atom. The molecule has 9 heteroatoms. The largest absolute Gasteiger partial charge is 0.383 e. The van der Waals surface area contributed by atoms with E-state index in [0.717, 1.165) is 16.5 Å². The highest BCUT2D eigenvalue weighted by Gasteiger charge is 2.22. The van der Waals surface area contributed by atoms with Crippen molar-refractivity contribution in [1.82, 2.24) is 9.97 Å². The molecule has 0 atom stereocenters. The van der Waals surface area contributed by atoms with Gasteiger partial charge in [0.15, 0.2) is 0 Å². The Labute approximate surface area is 168 Å². The Bertz CT molecular complexity index is 1260. The van der Waals surface area contributed by atoms with Crippen molar-refractivity contribution in [3.63, 3.8) is 0 Å². The highest BCUT2D eigenvalue weighted by Crippen LogP contribution is 2.38. The number of aryl methyl sites for hydroxylation is 1. The van der Waals surface area contributed by atoms with Crippen LogP contribution in [-0.4, -0.2) is 16.0 Å². The third-order valence-corrected chi connectivity index (χ3v) is 5.35. The predicted molar refractivity (Wildman–Crippen MR) is 110 cm³/mol. The van der Waals surface area contributed by atoms with Crippen LogP contribution in [0.3, 0.4) is 0 Å². The second kappa shape index (κ2) is 7.10. The van der Waals surface area contributed by atoms with Crippen LogP contribution in [0.5, 0.6) is 0 Å². The fourth-order valence-electron chi connectivity index (χ4n) is 3.14. The fraction of sp³-hybridized carbons (Fsp3) is 0.0500. The van der Waals surface area contributed by atoms with Gasteiger partial charge in [-0.05, 0) is 42.8 Å². The number of anilines is 3. The maximum absolute atomic E-state index is 15.0. The van der Waals surface area contributed by atoms with Crippen molar-refractivity contribution < 1.29 is 13.6 Å². The number of primary amides is 1. The van der Waals surface area contributed by atoms with Crippen LogP contribution in [0.4, 0.5) is 30.8 Å². The molecule has 0 saturated heterocycles. The molecule has 0 spiro atoms. The molecule has 4 rings (SSSR count). The van der Waals surface area contributed by atoms with Crippen LogP contribution in [0.15, 0.2) is 48.1 Å². The molecule has 0 fully saturated rings. The summed E-state index contributed by atoms with van der Waals surface area (Å²) in [5.74, 6) is -1.02. The van der Waals surface area contributed by atoms with Crippen LogP contribution in [0.2, 0.25) is 0 Å². The second-order valence-electron chi connectivity index (χ2n) is 6.38. The molecule has 4 aromatic rings. The van der Waals surface area contributed by atoms with E-state index in [1.807, 2.05) is 0 Å². The number of carbonyl (C=O) groups is 1. The van der Waals surface area contributed by atoms with Crippen molar-refractivity contribution in [2.45, 2.75) is 6.92 Å². The van der Waals surface area contributed by atoms with Gasteiger partial charge in [-0.25, -0.2) is 23.5 Å². The number of nitrogen functional groups attached to an aromatic ring is 1. The molecule has 4 N–H and O–H groups in total. The van der Waals surface area contributed by atoms with Crippen molar-refractivity contribution in [3.05, 3.63) is 65.3 Å². The summed E-state index contributed by atoms with van der Waals surface area (Å²) in [6.45, 7) is 1.75. The van der Waals surface area contributed by atoms with E-state index in [4.69, 9.17) is 11.5 Å². The summed E-state index contributed by atoms with van der Waals surface area (Å²) in [5.41, 5.74) is 13.0. The zero-order chi connectivity index (χ0) is 20.7. The molecule has 29 heavy (non-hydrogen) atoms. The summed E-state index contributed by atoms with van der Waals surface area (Å²) in [7, 11) is 0. The molecule has 0 bridgehead atoms. The first-order valence-electron chi connectivity index (χ1n) is 8.50. The Hall–Kier alpha value is -3.59. The Balaban J connectivity index is 1.84. The summed E-state index contributed by atoms with van der Waals surface area (Å²) in [6, 6.07) is 7.44. The topological polar surface area (TPSA) is 98.1 Å². The lowest BCUT2D eigenvalue weighted by Crippen LogP contribution is -2.32. The van der Waals surface area contributed by atoms with Gasteiger partial charge in [0.1, 0.15) is 28.6 Å². The predicted octanol–water partition coefficient (Wildman–Crippen LogP) is 4.74. The van der Waals surface area contributed by atoms with Gasteiger partial charge >= 0.3 is 6.03 Å². The summed E-state index contributed by atoms with van der Waals surface area (Å²) in [4.78, 5) is 21.7. The van der Waals surface area contributed by atoms with E-state index in [0.29, 0.717) is 15.8 Å². The van der Waals surface area contributed by atoms with Gasteiger partial charge in [-0.15, -0.1) is 11.3 Å². The van der Waals surface area contributed by atoms with Crippen LogP contribution >= 0.6 is 11.3 Å². The van der Waals surface area contributed by atoms with E-state index in [2.05, 4.69) is 9.97 Å². The number of hydrogen-bond acceptors (Lipinski definition) is 5. The highest BCUT2D eigenvalue weighted by molar-refractivity contribution is 7.17. The molecule has 0 aliphatic heterocycles. The minimum Gasteiger partial charge on any atom is -0.383 e. The molecule has 0 aliphatic rings. The number of hydrogen-bond donors (Lipinski definition) is 2. The van der Waals surface area contributed by atoms with E-state index in [1.165, 1.54) is 41.9 Å². The van der Waals surface area contributed by atoms with Gasteiger partial charge in [0.05, 0.1) is 16.8 Å². The number of fused-ring (bicyclic) bond motifs is 1. The fourth-order valence-corrected chi connectivity index (χ4v) is 4.05. The number of benzene rings is 2. The monoisotopic (exact) mass is 411 g/mol. The summed E-state index contributed by atoms with van der Waals surface area (Å²) in [5, 5.41) is 2.29. The van der Waals surface area contributed by atoms with Gasteiger partial charge < -0.3 is 11.5 Å². The molecule has 0 aliphatic carbocycles. The third kappa shape index (κ3) is 3.25. The van der Waals surface area contributed by atoms with Gasteiger partial charge in [0.2, 0.25) is 0 Å². The van der Waals surface area contributed by atoms with Crippen LogP contribution in [-0.2, 0) is 0 Å². The molecule has 2 aromatic carbocycles. The van der Waals surface area contributed by atoms with Crippen molar-refractivity contribution in [2.75, 3.05) is 10.6 Å². The maximum Gasteiger partial charge on any atom is 0.323 e. The second-order valence-corrected chi connectivity index (χ2v) is 7.24. The summed E-state index contributed by atoms with van der Waals surface area (Å²) in [6.07, 6.45) is 1.35. The zero-order valence-electron chi connectivity index (χ0n) is 15.2. The van der Waals surface area contributed by atoms with Crippen LogP contribution in [0.25, 0.3) is 21.3 Å². The number of thiophene rings is 1. The summed E-state index contributed by atoms with van der Waals surface area (Å²) >= 11 is 1.32. The molecule has 2 aromatic heterocycles. The number of urea groups is 1. The van der Waals surface area contributed by atoms with Crippen molar-refractivity contribution in [3.8, 4) is 11.1 Å². The van der Waals surface area contributed by atoms with Gasteiger partial charge in [-0.1, -0.05) is 6.07 Å². The molecule has 2 amide bonds. The lowest BCUT2D eigenvalue weighted by atomic mass is 10.0. The number of halogens is 2. The Kier molecular flexibility index (Phi) is 4.59. The SMILES string of the molecule is Cc1ccc(F)c(N(C(N)=O)c2ccc(-c3csc4ncnc(N)c34)c(F)c2)c1. The van der Waals surface area contributed by atoms with Crippen molar-refractivity contribution in [2.24, 2.45) is 5.73 Å². The van der Waals surface area contributed by atoms with E-state index < -0.39 is 17.7 Å². The number of carbonyl (C=O) groups excluding carboxylic acids is 1. The normalized spacial score (nSPS) is 11.0. The van der Waals surface area contributed by atoms with Gasteiger partial charge in [-0.3, -0.25) is 4.90 Å². The van der Waals surface area contributed by atoms with Gasteiger partial charge in [0, 0.05) is 16.5 Å². The van der Waals surface area contributed by atoms with E-state index in [-0.39, 0.29) is 22.8 Å². The summed E-state index contributed by atoms with van der Waals surface area (Å²) < 4.78 is 29.4. The van der Waals surface area contributed by atoms with Gasteiger partial charge in [0.25, 0.3) is 0 Å². The lowest BCUT2D eigenvalue weighted by molar-refractivity contribution is 0.256. The minimum atomic E-state index is -0.930. The Morgan fingerprint density at radius 3 is 2.59 bits per heavy atom. The molecule has 146 valence electrons. The van der Waals surface area contributed by atoms with Crippen LogP contribution in [0, 0.1) is 18.6 Å². The van der Waals surface area contributed by atoms with Gasteiger partial charge in [-0.2, -0.15) is 0 Å². The molecule has 2 heterocycles. The molecule has 0 radical (unpaired) electrons. The third-order valence-electron chi connectivity index (χ3n) is 4.46. The van der Waals surface area contributed by atoms with Crippen molar-refractivity contribution >= 4 is 44.8 Å². The van der Waals surface area contributed by atoms with E-state index in [1.54, 1.807) is 18.4 Å². The number of nitrogens with two attached hydrogens (primary N) is 2. The standard InChI is InChI=1S/C20H15F2N5OS/c1-10-2-5-14(21)16(6-10)27(20(24)28)11-3-4-12(15(22)7-11)13-8-29-19-17(13)18(23)25-9-26-19/h2-9H,1H3,(H2,24,28)(H2,23,25,26). The lowest BCUT2D eigenvalue weighted by Gasteiger charge is -2.22. The number of aromatic nitrogens is 2. The van der Waals surface area contributed by atoms with Crippen LogP contribution < -0.4 is 16.4 Å². The van der Waals surface area contributed by atoms with E-state index >= 15 is 4.39 Å². The molecular weight excluding hydrogens is 396 g/mol. The number of nitrogens with zero attached hydrogens (tertiary/aromatic N) is 3. The first-order chi connectivity index (χ1) is 13.9. The molecular formula is C20H15F2N5OS. The quantitative estimate of drug-likeness (QED) is 0.508. The first-order valence-corrected chi connectivity index (χ1v) is 9.38. The van der Waals surface area contributed by atoms with E-state index in [9.17, 15) is 9.18 Å². The number of rotatable bonds is 3. The minimum absolute atomic E-state index is 0.0525. The zero-order valence-corrected chi connectivity index (χ0v) is 16.0. The Morgan fingerprint density at radius 2 is 1.86 bits per heavy atom. The van der Waals surface area contributed by atoms with Crippen molar-refractivity contribution in [1.29, 1.82) is 0 Å². The molecule has 0 saturated carbocycles. The number of amides is 2. The molecule has 6 nitrogen and oxygen atoms in total. The first kappa shape index (κ1) is 18.8.